The van der Waals surface area contributed by atoms with Gasteiger partial charge in [0.25, 0.3) is 0 Å². The molecule has 0 atom stereocenters. The topological polar surface area (TPSA) is 40.7 Å². The first kappa shape index (κ1) is 12.4. The van der Waals surface area contributed by atoms with E-state index in [1.807, 2.05) is 19.1 Å². The minimum Gasteiger partial charge on any atom is -0.342 e. The molecule has 0 spiro atoms. The molecule has 0 saturated heterocycles. The lowest BCUT2D eigenvalue weighted by atomic mass is 10.2. The highest BCUT2D eigenvalue weighted by Crippen LogP contribution is 2.21. The third-order valence-corrected chi connectivity index (χ3v) is 2.92. The number of rotatable bonds is 4. The summed E-state index contributed by atoms with van der Waals surface area (Å²) < 4.78 is 0. The largest absolute Gasteiger partial charge is 0.342 e. The predicted octanol–water partition coefficient (Wildman–Crippen LogP) is 3.07. The Bertz CT molecular complexity index is 517. The Kier molecular flexibility index (Phi) is 3.69. The molecule has 0 radical (unpaired) electrons. The van der Waals surface area contributed by atoms with Crippen molar-refractivity contribution in [1.82, 2.24) is 15.3 Å². The van der Waals surface area contributed by atoms with Crippen molar-refractivity contribution < 1.29 is 0 Å². The summed E-state index contributed by atoms with van der Waals surface area (Å²) in [6.45, 7) is 7.25. The zero-order valence-corrected chi connectivity index (χ0v) is 11.2. The maximum Gasteiger partial charge on any atom is 0.108 e. The van der Waals surface area contributed by atoms with E-state index in [1.54, 1.807) is 0 Å². The molecule has 0 aliphatic carbocycles. The SMILES string of the molecule is Cc1cc(Cl)cc2[nH]c(CCNC(C)C)nc12. The second kappa shape index (κ2) is 5.07. The fraction of sp³-hybridized carbons (Fsp3) is 0.462. The van der Waals surface area contributed by atoms with Crippen LogP contribution in [0, 0.1) is 6.92 Å². The summed E-state index contributed by atoms with van der Waals surface area (Å²) >= 11 is 6.02. The Morgan fingerprint density at radius 3 is 2.88 bits per heavy atom. The van der Waals surface area contributed by atoms with Gasteiger partial charge < -0.3 is 10.3 Å². The van der Waals surface area contributed by atoms with Gasteiger partial charge in [-0.2, -0.15) is 0 Å². The lowest BCUT2D eigenvalue weighted by Crippen LogP contribution is -2.25. The predicted molar refractivity (Wildman–Crippen MR) is 72.7 cm³/mol. The number of aromatic nitrogens is 2. The van der Waals surface area contributed by atoms with Crippen LogP contribution in [0.2, 0.25) is 5.02 Å². The highest BCUT2D eigenvalue weighted by molar-refractivity contribution is 6.31. The van der Waals surface area contributed by atoms with Crippen molar-refractivity contribution in [3.63, 3.8) is 0 Å². The molecule has 2 rings (SSSR count). The van der Waals surface area contributed by atoms with Crippen LogP contribution in [-0.4, -0.2) is 22.6 Å². The number of halogens is 1. The molecule has 4 heteroatoms. The average molecular weight is 252 g/mol. The van der Waals surface area contributed by atoms with Crippen molar-refractivity contribution in [2.75, 3.05) is 6.54 Å². The first-order chi connectivity index (χ1) is 8.06. The number of aromatic amines is 1. The third kappa shape index (κ3) is 2.99. The van der Waals surface area contributed by atoms with Crippen LogP contribution < -0.4 is 5.32 Å². The summed E-state index contributed by atoms with van der Waals surface area (Å²) in [4.78, 5) is 7.91. The van der Waals surface area contributed by atoms with Crippen molar-refractivity contribution in [3.05, 3.63) is 28.5 Å². The molecule has 1 aromatic heterocycles. The second-order valence-electron chi connectivity index (χ2n) is 4.66. The van der Waals surface area contributed by atoms with E-state index < -0.39 is 0 Å². The molecule has 0 aliphatic heterocycles. The molecule has 0 saturated carbocycles. The van der Waals surface area contributed by atoms with Gasteiger partial charge >= 0.3 is 0 Å². The molecule has 3 nitrogen and oxygen atoms in total. The van der Waals surface area contributed by atoms with Crippen LogP contribution in [0.4, 0.5) is 0 Å². The summed E-state index contributed by atoms with van der Waals surface area (Å²) in [5.41, 5.74) is 3.16. The van der Waals surface area contributed by atoms with Gasteiger partial charge in [-0.25, -0.2) is 4.98 Å². The minimum atomic E-state index is 0.510. The number of aryl methyl sites for hydroxylation is 1. The summed E-state index contributed by atoms with van der Waals surface area (Å²) in [5.74, 6) is 1.01. The van der Waals surface area contributed by atoms with Crippen LogP contribution in [0.25, 0.3) is 11.0 Å². The lowest BCUT2D eigenvalue weighted by molar-refractivity contribution is 0.585. The molecule has 92 valence electrons. The quantitative estimate of drug-likeness (QED) is 0.877. The average Bonchev–Trinajstić information content (AvgIpc) is 2.60. The molecule has 2 N–H and O–H groups in total. The number of hydrogen-bond acceptors (Lipinski definition) is 2. The monoisotopic (exact) mass is 251 g/mol. The molecular formula is C13H18ClN3. The number of H-pyrrole nitrogens is 1. The van der Waals surface area contributed by atoms with Crippen LogP contribution in [0.15, 0.2) is 12.1 Å². The standard InChI is InChI=1S/C13H18ClN3/c1-8(2)15-5-4-12-16-11-7-10(14)6-9(3)13(11)17-12/h6-8,15H,4-5H2,1-3H3,(H,16,17). The zero-order chi connectivity index (χ0) is 12.4. The van der Waals surface area contributed by atoms with Gasteiger partial charge in [-0.15, -0.1) is 0 Å². The van der Waals surface area contributed by atoms with Crippen molar-refractivity contribution in [2.24, 2.45) is 0 Å². The highest BCUT2D eigenvalue weighted by Gasteiger charge is 2.06. The smallest absolute Gasteiger partial charge is 0.108 e. The molecule has 0 aliphatic rings. The Morgan fingerprint density at radius 2 is 2.18 bits per heavy atom. The van der Waals surface area contributed by atoms with E-state index in [4.69, 9.17) is 11.6 Å². The molecule has 2 aromatic rings. The van der Waals surface area contributed by atoms with Crippen molar-refractivity contribution in [3.8, 4) is 0 Å². The van der Waals surface area contributed by atoms with Crippen LogP contribution in [0.5, 0.6) is 0 Å². The Hall–Kier alpha value is -1.06. The number of hydrogen-bond donors (Lipinski definition) is 2. The fourth-order valence-corrected chi connectivity index (χ4v) is 2.17. The van der Waals surface area contributed by atoms with E-state index >= 15 is 0 Å². The molecule has 0 fully saturated rings. The molecule has 0 bridgehead atoms. The van der Waals surface area contributed by atoms with Crippen molar-refractivity contribution in [2.45, 2.75) is 33.2 Å². The van der Waals surface area contributed by atoms with E-state index in [2.05, 4.69) is 29.1 Å². The second-order valence-corrected chi connectivity index (χ2v) is 5.10. The van der Waals surface area contributed by atoms with Crippen LogP contribution in [0.3, 0.4) is 0 Å². The number of imidazole rings is 1. The van der Waals surface area contributed by atoms with Crippen molar-refractivity contribution in [1.29, 1.82) is 0 Å². The van der Waals surface area contributed by atoms with Crippen LogP contribution >= 0.6 is 11.6 Å². The lowest BCUT2D eigenvalue weighted by Gasteiger charge is -2.05. The van der Waals surface area contributed by atoms with Gasteiger partial charge in [0.15, 0.2) is 0 Å². The Labute approximate surface area is 107 Å². The summed E-state index contributed by atoms with van der Waals surface area (Å²) in [6, 6.07) is 4.38. The summed E-state index contributed by atoms with van der Waals surface area (Å²) in [5, 5.41) is 4.13. The van der Waals surface area contributed by atoms with Gasteiger partial charge in [-0.05, 0) is 24.6 Å². The molecule has 0 amide bonds. The number of benzene rings is 1. The van der Waals surface area contributed by atoms with Gasteiger partial charge in [0.2, 0.25) is 0 Å². The Morgan fingerprint density at radius 1 is 1.41 bits per heavy atom. The van der Waals surface area contributed by atoms with Crippen LogP contribution in [-0.2, 0) is 6.42 Å². The number of fused-ring (bicyclic) bond motifs is 1. The van der Waals surface area contributed by atoms with Gasteiger partial charge in [0, 0.05) is 24.0 Å². The fourth-order valence-electron chi connectivity index (χ4n) is 1.90. The number of nitrogens with zero attached hydrogens (tertiary/aromatic N) is 1. The molecule has 1 heterocycles. The maximum absolute atomic E-state index is 6.02. The number of nitrogens with one attached hydrogen (secondary N) is 2. The first-order valence-electron chi connectivity index (χ1n) is 5.94. The van der Waals surface area contributed by atoms with E-state index in [9.17, 15) is 0 Å². The first-order valence-corrected chi connectivity index (χ1v) is 6.32. The molecule has 0 unspecified atom stereocenters. The van der Waals surface area contributed by atoms with E-state index in [1.165, 1.54) is 0 Å². The van der Waals surface area contributed by atoms with Gasteiger partial charge in [0.05, 0.1) is 11.0 Å². The molecular weight excluding hydrogens is 234 g/mol. The van der Waals surface area contributed by atoms with Gasteiger partial charge in [-0.1, -0.05) is 25.4 Å². The van der Waals surface area contributed by atoms with Crippen molar-refractivity contribution >= 4 is 22.6 Å². The molecule has 1 aromatic carbocycles. The normalized spacial score (nSPS) is 11.6. The summed E-state index contributed by atoms with van der Waals surface area (Å²) in [7, 11) is 0. The van der Waals surface area contributed by atoms with E-state index in [-0.39, 0.29) is 0 Å². The summed E-state index contributed by atoms with van der Waals surface area (Å²) in [6.07, 6.45) is 0.907. The third-order valence-electron chi connectivity index (χ3n) is 2.71. The van der Waals surface area contributed by atoms with Crippen LogP contribution in [0.1, 0.15) is 25.2 Å². The maximum atomic E-state index is 6.02. The van der Waals surface area contributed by atoms with Gasteiger partial charge in [-0.3, -0.25) is 0 Å². The van der Waals surface area contributed by atoms with E-state index in [0.29, 0.717) is 6.04 Å². The molecule has 17 heavy (non-hydrogen) atoms. The van der Waals surface area contributed by atoms with Gasteiger partial charge in [0.1, 0.15) is 5.82 Å². The Balaban J connectivity index is 2.17. The highest BCUT2D eigenvalue weighted by atomic mass is 35.5. The minimum absolute atomic E-state index is 0.510. The van der Waals surface area contributed by atoms with E-state index in [0.717, 1.165) is 40.4 Å². The zero-order valence-electron chi connectivity index (χ0n) is 10.5.